The fourth-order valence-electron chi connectivity index (χ4n) is 2.97. The molecule has 19 heavy (non-hydrogen) atoms. The second-order valence-electron chi connectivity index (χ2n) is 5.26. The molecule has 2 saturated heterocycles. The van der Waals surface area contributed by atoms with Crippen LogP contribution in [0.3, 0.4) is 0 Å². The van der Waals surface area contributed by atoms with Gasteiger partial charge < -0.3 is 9.64 Å². The number of Topliss-reactive ketones (excluding diaryl/α,β-unsaturated/α-hetero) is 1. The first kappa shape index (κ1) is 12.2. The van der Waals surface area contributed by atoms with Crippen molar-refractivity contribution < 1.29 is 9.53 Å². The monoisotopic (exact) mass is 256 g/mol. The van der Waals surface area contributed by atoms with Crippen LogP contribution < -0.4 is 4.90 Å². The van der Waals surface area contributed by atoms with Crippen molar-refractivity contribution in [3.8, 4) is 6.07 Å². The first-order chi connectivity index (χ1) is 9.17. The summed E-state index contributed by atoms with van der Waals surface area (Å²) in [5.41, 5.74) is 2.17. The SMILES string of the molecule is CC(=O)c1ccc(C#N)cc1N1CC2CCC(C1)O2. The minimum atomic E-state index is 0.0401. The molecule has 1 aromatic rings. The molecule has 2 aliphatic heterocycles. The molecule has 1 aromatic carbocycles. The molecule has 0 aromatic heterocycles. The van der Waals surface area contributed by atoms with Gasteiger partial charge >= 0.3 is 0 Å². The molecule has 2 atom stereocenters. The van der Waals surface area contributed by atoms with Crippen molar-refractivity contribution in [2.75, 3.05) is 18.0 Å². The van der Waals surface area contributed by atoms with Crippen molar-refractivity contribution in [2.24, 2.45) is 0 Å². The van der Waals surface area contributed by atoms with Gasteiger partial charge in [-0.2, -0.15) is 5.26 Å². The van der Waals surface area contributed by atoms with Crippen LogP contribution in [0.15, 0.2) is 18.2 Å². The maximum absolute atomic E-state index is 11.7. The van der Waals surface area contributed by atoms with Crippen LogP contribution in [0.2, 0.25) is 0 Å². The van der Waals surface area contributed by atoms with E-state index in [0.29, 0.717) is 11.1 Å². The highest BCUT2D eigenvalue weighted by Crippen LogP contribution is 2.32. The van der Waals surface area contributed by atoms with Crippen LogP contribution in [0.5, 0.6) is 0 Å². The molecule has 2 bridgehead atoms. The highest BCUT2D eigenvalue weighted by atomic mass is 16.5. The summed E-state index contributed by atoms with van der Waals surface area (Å²) in [5, 5.41) is 9.03. The van der Waals surface area contributed by atoms with E-state index in [2.05, 4.69) is 11.0 Å². The van der Waals surface area contributed by atoms with E-state index in [1.165, 1.54) is 0 Å². The summed E-state index contributed by atoms with van der Waals surface area (Å²) >= 11 is 0. The molecule has 0 N–H and O–H groups in total. The van der Waals surface area contributed by atoms with Gasteiger partial charge in [0, 0.05) is 24.3 Å². The molecule has 0 saturated carbocycles. The molecule has 0 radical (unpaired) electrons. The maximum Gasteiger partial charge on any atom is 0.161 e. The molecule has 4 nitrogen and oxygen atoms in total. The number of anilines is 1. The van der Waals surface area contributed by atoms with Crippen molar-refractivity contribution in [1.29, 1.82) is 5.26 Å². The van der Waals surface area contributed by atoms with Crippen molar-refractivity contribution in [3.63, 3.8) is 0 Å². The van der Waals surface area contributed by atoms with E-state index in [4.69, 9.17) is 10.00 Å². The third-order valence-corrected chi connectivity index (χ3v) is 3.89. The summed E-state index contributed by atoms with van der Waals surface area (Å²) in [6, 6.07) is 7.42. The van der Waals surface area contributed by atoms with Gasteiger partial charge in [-0.25, -0.2) is 0 Å². The van der Waals surface area contributed by atoms with Crippen LogP contribution >= 0.6 is 0 Å². The number of hydrogen-bond acceptors (Lipinski definition) is 4. The Balaban J connectivity index is 1.98. The van der Waals surface area contributed by atoms with Gasteiger partial charge in [0.25, 0.3) is 0 Å². The Morgan fingerprint density at radius 2 is 2.05 bits per heavy atom. The van der Waals surface area contributed by atoms with Crippen LogP contribution in [0.4, 0.5) is 5.69 Å². The van der Waals surface area contributed by atoms with Gasteiger partial charge in [-0.15, -0.1) is 0 Å². The van der Waals surface area contributed by atoms with Gasteiger partial charge in [-0.05, 0) is 38.0 Å². The molecule has 3 rings (SSSR count). The van der Waals surface area contributed by atoms with Gasteiger partial charge in [-0.3, -0.25) is 4.79 Å². The molecule has 98 valence electrons. The third-order valence-electron chi connectivity index (χ3n) is 3.89. The number of nitrogens with zero attached hydrogens (tertiary/aromatic N) is 2. The van der Waals surface area contributed by atoms with Gasteiger partial charge in [0.15, 0.2) is 5.78 Å². The number of carbonyl (C=O) groups is 1. The zero-order valence-electron chi connectivity index (χ0n) is 10.9. The number of carbonyl (C=O) groups excluding carboxylic acids is 1. The Morgan fingerprint density at radius 1 is 1.37 bits per heavy atom. The number of nitriles is 1. The van der Waals surface area contributed by atoms with Crippen molar-refractivity contribution >= 4 is 11.5 Å². The molecule has 2 unspecified atom stereocenters. The summed E-state index contributed by atoms with van der Waals surface area (Å²) in [4.78, 5) is 13.9. The lowest BCUT2D eigenvalue weighted by Gasteiger charge is -2.34. The number of hydrogen-bond donors (Lipinski definition) is 0. The van der Waals surface area contributed by atoms with Crippen molar-refractivity contribution in [3.05, 3.63) is 29.3 Å². The zero-order chi connectivity index (χ0) is 13.4. The molecule has 0 amide bonds. The predicted octanol–water partition coefficient (Wildman–Crippen LogP) is 2.13. The van der Waals surface area contributed by atoms with Crippen LogP contribution in [0.25, 0.3) is 0 Å². The predicted molar refractivity (Wildman–Crippen MR) is 71.3 cm³/mol. The van der Waals surface area contributed by atoms with E-state index in [1.54, 1.807) is 19.1 Å². The molecule has 0 aliphatic carbocycles. The van der Waals surface area contributed by atoms with Gasteiger partial charge in [0.05, 0.1) is 23.8 Å². The molecule has 2 aliphatic rings. The number of rotatable bonds is 2. The van der Waals surface area contributed by atoms with Crippen LogP contribution in [-0.4, -0.2) is 31.1 Å². The molecule has 2 fully saturated rings. The average Bonchev–Trinajstić information content (AvgIpc) is 2.76. The largest absolute Gasteiger partial charge is 0.371 e. The van der Waals surface area contributed by atoms with Crippen molar-refractivity contribution in [1.82, 2.24) is 0 Å². The van der Waals surface area contributed by atoms with Crippen LogP contribution in [0, 0.1) is 11.3 Å². The number of benzene rings is 1. The quantitative estimate of drug-likeness (QED) is 0.761. The summed E-state index contributed by atoms with van der Waals surface area (Å²) in [6.45, 7) is 3.19. The minimum Gasteiger partial charge on any atom is -0.371 e. The van der Waals surface area contributed by atoms with Crippen molar-refractivity contribution in [2.45, 2.75) is 32.0 Å². The summed E-state index contributed by atoms with van der Waals surface area (Å²) in [5.74, 6) is 0.0401. The number of ether oxygens (including phenoxy) is 1. The Labute approximate surface area is 112 Å². The Bertz CT molecular complexity index is 550. The van der Waals surface area contributed by atoms with E-state index in [0.717, 1.165) is 31.6 Å². The highest BCUT2D eigenvalue weighted by molar-refractivity contribution is 6.00. The first-order valence-corrected chi connectivity index (χ1v) is 6.63. The molecule has 4 heteroatoms. The fraction of sp³-hybridized carbons (Fsp3) is 0.467. The molecule has 2 heterocycles. The number of morpholine rings is 1. The van der Waals surface area contributed by atoms with E-state index in [-0.39, 0.29) is 18.0 Å². The standard InChI is InChI=1S/C15H16N2O2/c1-10(18)14-5-2-11(7-16)6-15(14)17-8-12-3-4-13(9-17)19-12/h2,5-6,12-13H,3-4,8-9H2,1H3. The topological polar surface area (TPSA) is 53.3 Å². The fourth-order valence-corrected chi connectivity index (χ4v) is 2.97. The van der Waals surface area contributed by atoms with E-state index in [9.17, 15) is 4.79 Å². The summed E-state index contributed by atoms with van der Waals surface area (Å²) < 4.78 is 5.81. The molecular formula is C15H16N2O2. The lowest BCUT2D eigenvalue weighted by atomic mass is 10.0. The summed E-state index contributed by atoms with van der Waals surface area (Å²) in [6.07, 6.45) is 2.72. The van der Waals surface area contributed by atoms with Crippen LogP contribution in [-0.2, 0) is 4.74 Å². The number of ketones is 1. The van der Waals surface area contributed by atoms with E-state index >= 15 is 0 Å². The molecule has 0 spiro atoms. The zero-order valence-corrected chi connectivity index (χ0v) is 10.9. The maximum atomic E-state index is 11.7. The normalized spacial score (nSPS) is 25.2. The third kappa shape index (κ3) is 2.22. The smallest absolute Gasteiger partial charge is 0.161 e. The second-order valence-corrected chi connectivity index (χ2v) is 5.26. The Morgan fingerprint density at radius 3 is 2.63 bits per heavy atom. The summed E-state index contributed by atoms with van der Waals surface area (Å²) in [7, 11) is 0. The highest BCUT2D eigenvalue weighted by Gasteiger charge is 2.34. The van der Waals surface area contributed by atoms with Gasteiger partial charge in [-0.1, -0.05) is 0 Å². The van der Waals surface area contributed by atoms with Gasteiger partial charge in [0.1, 0.15) is 0 Å². The Hall–Kier alpha value is -1.86. The van der Waals surface area contributed by atoms with Crippen LogP contribution in [0.1, 0.15) is 35.7 Å². The second kappa shape index (κ2) is 4.67. The average molecular weight is 256 g/mol. The lowest BCUT2D eigenvalue weighted by Crippen LogP contribution is -2.43. The molecular weight excluding hydrogens is 240 g/mol. The first-order valence-electron chi connectivity index (χ1n) is 6.63. The van der Waals surface area contributed by atoms with E-state index < -0.39 is 0 Å². The van der Waals surface area contributed by atoms with E-state index in [1.807, 2.05) is 6.07 Å². The Kier molecular flexibility index (Phi) is 3.00. The number of fused-ring (bicyclic) bond motifs is 2. The lowest BCUT2D eigenvalue weighted by molar-refractivity contribution is 0.0304. The van der Waals surface area contributed by atoms with Gasteiger partial charge in [0.2, 0.25) is 0 Å². The minimum absolute atomic E-state index is 0.0401.